The molecule has 4 heterocycles. The molecule has 1 atom stereocenters. The van der Waals surface area contributed by atoms with E-state index in [1.165, 1.54) is 43.2 Å². The van der Waals surface area contributed by atoms with E-state index < -0.39 is 0 Å². The van der Waals surface area contributed by atoms with E-state index in [1.54, 1.807) is 0 Å². The van der Waals surface area contributed by atoms with E-state index in [2.05, 4.69) is 36.1 Å². The van der Waals surface area contributed by atoms with Crippen LogP contribution in [0.1, 0.15) is 11.3 Å². The topological polar surface area (TPSA) is 36.3 Å². The number of piperazine rings is 1. The zero-order valence-electron chi connectivity index (χ0n) is 12.8. The van der Waals surface area contributed by atoms with Crippen LogP contribution in [0.2, 0.25) is 0 Å². The molecule has 1 N–H and O–H groups in total. The van der Waals surface area contributed by atoms with Crippen LogP contribution in [0, 0.1) is 0 Å². The number of nitrogens with zero attached hydrogens (tertiary/aromatic N) is 4. The highest BCUT2D eigenvalue weighted by Gasteiger charge is 2.28. The lowest BCUT2D eigenvalue weighted by molar-refractivity contribution is 0.170. The summed E-state index contributed by atoms with van der Waals surface area (Å²) in [6.07, 6.45) is 7.01. The molecule has 0 saturated carbocycles. The Bertz CT molecular complexity index is 587. The minimum atomic E-state index is 0.759. The summed E-state index contributed by atoms with van der Waals surface area (Å²) in [5.41, 5.74) is 1.23. The number of nitrogens with one attached hydrogen (secondary N) is 1. The first-order valence-corrected chi connectivity index (χ1v) is 8.99. The van der Waals surface area contributed by atoms with Crippen LogP contribution in [0.25, 0.3) is 5.69 Å². The van der Waals surface area contributed by atoms with Gasteiger partial charge in [0.1, 0.15) is 0 Å². The normalized spacial score (nSPS) is 24.1. The fourth-order valence-corrected chi connectivity index (χ4v) is 4.43. The summed E-state index contributed by atoms with van der Waals surface area (Å²) in [6.45, 7) is 8.25. The molecule has 0 radical (unpaired) electrons. The Balaban J connectivity index is 1.34. The number of hydrogen-bond donors (Lipinski definition) is 1. The summed E-state index contributed by atoms with van der Waals surface area (Å²) in [4.78, 5) is 10.8. The van der Waals surface area contributed by atoms with Gasteiger partial charge in [-0.15, -0.1) is 11.3 Å². The molecule has 2 aromatic heterocycles. The van der Waals surface area contributed by atoms with Crippen molar-refractivity contribution in [1.29, 1.82) is 0 Å². The summed E-state index contributed by atoms with van der Waals surface area (Å²) < 4.78 is 2.08. The zero-order chi connectivity index (χ0) is 14.8. The Hall–Kier alpha value is -1.21. The van der Waals surface area contributed by atoms with Gasteiger partial charge in [-0.25, -0.2) is 4.98 Å². The van der Waals surface area contributed by atoms with Crippen LogP contribution in [0.15, 0.2) is 30.2 Å². The van der Waals surface area contributed by atoms with Crippen molar-refractivity contribution in [1.82, 2.24) is 24.7 Å². The van der Waals surface area contributed by atoms with Gasteiger partial charge in [0.05, 0.1) is 12.0 Å². The highest BCUT2D eigenvalue weighted by atomic mass is 32.1. The van der Waals surface area contributed by atoms with Crippen molar-refractivity contribution in [2.24, 2.45) is 0 Å². The van der Waals surface area contributed by atoms with Crippen molar-refractivity contribution < 1.29 is 0 Å². The van der Waals surface area contributed by atoms with Crippen LogP contribution >= 0.6 is 11.3 Å². The molecule has 5 nitrogen and oxygen atoms in total. The summed E-state index contributed by atoms with van der Waals surface area (Å²) in [6, 6.07) is 3.06. The van der Waals surface area contributed by atoms with Gasteiger partial charge < -0.3 is 9.88 Å². The van der Waals surface area contributed by atoms with Gasteiger partial charge in [-0.05, 0) is 12.5 Å². The molecule has 1 unspecified atom stereocenters. The van der Waals surface area contributed by atoms with Gasteiger partial charge in [0.25, 0.3) is 0 Å². The van der Waals surface area contributed by atoms with Crippen LogP contribution in [-0.2, 0) is 6.54 Å². The first kappa shape index (κ1) is 14.4. The van der Waals surface area contributed by atoms with Crippen LogP contribution in [0.3, 0.4) is 0 Å². The number of thiophene rings is 1. The second kappa shape index (κ2) is 6.50. The molecule has 2 saturated heterocycles. The highest BCUT2D eigenvalue weighted by Crippen LogP contribution is 2.23. The lowest BCUT2D eigenvalue weighted by Crippen LogP contribution is -2.49. The molecule has 2 fully saturated rings. The number of hydrogen-bond acceptors (Lipinski definition) is 5. The quantitative estimate of drug-likeness (QED) is 0.925. The van der Waals surface area contributed by atoms with Gasteiger partial charge in [-0.2, -0.15) is 0 Å². The molecule has 6 heteroatoms. The molecule has 0 spiro atoms. The molecule has 4 rings (SSSR count). The third kappa shape index (κ3) is 3.10. The van der Waals surface area contributed by atoms with Gasteiger partial charge >= 0.3 is 0 Å². The zero-order valence-corrected chi connectivity index (χ0v) is 13.6. The summed E-state index contributed by atoms with van der Waals surface area (Å²) in [7, 11) is 0. The van der Waals surface area contributed by atoms with Gasteiger partial charge in [0.2, 0.25) is 0 Å². The average Bonchev–Trinajstić information content (AvgIpc) is 3.30. The van der Waals surface area contributed by atoms with Crippen LogP contribution in [0.5, 0.6) is 0 Å². The van der Waals surface area contributed by atoms with E-state index in [0.717, 1.165) is 25.7 Å². The molecule has 2 aromatic rings. The van der Waals surface area contributed by atoms with E-state index in [0.29, 0.717) is 0 Å². The predicted octanol–water partition coefficient (Wildman–Crippen LogP) is 1.41. The Labute approximate surface area is 135 Å². The van der Waals surface area contributed by atoms with Crippen molar-refractivity contribution in [2.45, 2.75) is 19.0 Å². The molecule has 2 aliphatic heterocycles. The van der Waals surface area contributed by atoms with Crippen molar-refractivity contribution in [3.63, 3.8) is 0 Å². The summed E-state index contributed by atoms with van der Waals surface area (Å²) >= 11 is 1.86. The fraction of sp³-hybridized carbons (Fsp3) is 0.562. The van der Waals surface area contributed by atoms with Gasteiger partial charge in [-0.1, -0.05) is 0 Å². The summed E-state index contributed by atoms with van der Waals surface area (Å²) in [5, 5.41) is 5.67. The van der Waals surface area contributed by atoms with E-state index in [4.69, 9.17) is 0 Å². The van der Waals surface area contributed by atoms with E-state index in [9.17, 15) is 0 Å². The molecule has 22 heavy (non-hydrogen) atoms. The van der Waals surface area contributed by atoms with Crippen molar-refractivity contribution in [3.05, 3.63) is 35.0 Å². The van der Waals surface area contributed by atoms with Crippen molar-refractivity contribution in [3.8, 4) is 5.69 Å². The van der Waals surface area contributed by atoms with E-state index >= 15 is 0 Å². The molecular formula is C16H23N5S. The van der Waals surface area contributed by atoms with Gasteiger partial charge in [0.15, 0.2) is 0 Å². The van der Waals surface area contributed by atoms with Gasteiger partial charge in [-0.3, -0.25) is 9.80 Å². The number of likely N-dealkylation sites (tertiary alicyclic amines) is 1. The van der Waals surface area contributed by atoms with Gasteiger partial charge in [0, 0.05) is 74.5 Å². The van der Waals surface area contributed by atoms with E-state index in [1.807, 2.05) is 30.1 Å². The molecule has 0 bridgehead atoms. The minimum Gasteiger partial charge on any atom is -0.314 e. The summed E-state index contributed by atoms with van der Waals surface area (Å²) in [5.74, 6) is 0. The van der Waals surface area contributed by atoms with Crippen molar-refractivity contribution >= 4 is 11.3 Å². The maximum atomic E-state index is 4.12. The minimum absolute atomic E-state index is 0.759. The van der Waals surface area contributed by atoms with E-state index in [-0.39, 0.29) is 0 Å². The standard InChI is InChI=1S/C16H23N5S/c1-5-19(10-14(1)20-6-2-17-3-7-20)11-16-9-15(12-22-16)21-8-4-18-13-21/h4,8-9,12-14,17H,1-3,5-7,10-11H2. The smallest absolute Gasteiger partial charge is 0.0991 e. The second-order valence-corrected chi connectivity index (χ2v) is 7.20. The monoisotopic (exact) mass is 317 g/mol. The Morgan fingerprint density at radius 2 is 2.18 bits per heavy atom. The largest absolute Gasteiger partial charge is 0.314 e. The molecule has 0 amide bonds. The fourth-order valence-electron chi connectivity index (χ4n) is 3.52. The Kier molecular flexibility index (Phi) is 4.25. The molecule has 0 aromatic carbocycles. The number of aromatic nitrogens is 2. The number of rotatable bonds is 4. The predicted molar refractivity (Wildman–Crippen MR) is 89.6 cm³/mol. The molecule has 0 aliphatic carbocycles. The number of imidazole rings is 1. The Morgan fingerprint density at radius 1 is 1.27 bits per heavy atom. The maximum Gasteiger partial charge on any atom is 0.0991 e. The van der Waals surface area contributed by atoms with Crippen molar-refractivity contribution in [2.75, 3.05) is 39.3 Å². The molecule has 118 valence electrons. The molecular weight excluding hydrogens is 294 g/mol. The lowest BCUT2D eigenvalue weighted by atomic mass is 10.2. The third-order valence-corrected chi connectivity index (χ3v) is 5.65. The van der Waals surface area contributed by atoms with Crippen LogP contribution in [0.4, 0.5) is 0 Å². The first-order valence-electron chi connectivity index (χ1n) is 8.11. The maximum absolute atomic E-state index is 4.12. The highest BCUT2D eigenvalue weighted by molar-refractivity contribution is 7.10. The third-order valence-electron chi connectivity index (χ3n) is 4.74. The first-order chi connectivity index (χ1) is 10.9. The second-order valence-electron chi connectivity index (χ2n) is 6.20. The Morgan fingerprint density at radius 3 is 3.00 bits per heavy atom. The van der Waals surface area contributed by atoms with Crippen LogP contribution in [-0.4, -0.2) is 64.7 Å². The lowest BCUT2D eigenvalue weighted by Gasteiger charge is -2.32. The average molecular weight is 317 g/mol. The SMILES string of the molecule is c1cn(-c2csc(CN3CCC(N4CCNCC4)C3)c2)cn1. The molecule has 2 aliphatic rings. The van der Waals surface area contributed by atoms with Crippen LogP contribution < -0.4 is 5.32 Å².